The summed E-state index contributed by atoms with van der Waals surface area (Å²) in [5.74, 6) is 0.762. The van der Waals surface area contributed by atoms with Crippen molar-refractivity contribution in [3.8, 4) is 11.5 Å². The van der Waals surface area contributed by atoms with E-state index in [9.17, 15) is 4.79 Å². The van der Waals surface area contributed by atoms with E-state index in [1.54, 1.807) is 18.2 Å². The number of nitrogens with zero attached hydrogens (tertiary/aromatic N) is 1. The maximum absolute atomic E-state index is 12.3. The third kappa shape index (κ3) is 3.02. The molecule has 24 heavy (non-hydrogen) atoms. The van der Waals surface area contributed by atoms with Crippen LogP contribution in [0.1, 0.15) is 25.7 Å². The van der Waals surface area contributed by atoms with Gasteiger partial charge in [0.1, 0.15) is 5.52 Å². The molecule has 0 aliphatic heterocycles. The summed E-state index contributed by atoms with van der Waals surface area (Å²) in [6, 6.07) is 12.9. The van der Waals surface area contributed by atoms with Crippen molar-refractivity contribution in [1.82, 2.24) is 4.98 Å². The van der Waals surface area contributed by atoms with Gasteiger partial charge in [-0.15, -0.1) is 0 Å². The van der Waals surface area contributed by atoms with Gasteiger partial charge in [-0.1, -0.05) is 30.5 Å². The van der Waals surface area contributed by atoms with E-state index in [0.29, 0.717) is 16.5 Å². The van der Waals surface area contributed by atoms with Crippen LogP contribution in [-0.4, -0.2) is 10.9 Å². The van der Waals surface area contributed by atoms with Gasteiger partial charge in [-0.2, -0.15) is 0 Å². The fourth-order valence-electron chi connectivity index (χ4n) is 3.19. The number of benzene rings is 2. The third-order valence-corrected chi connectivity index (χ3v) is 4.69. The largest absolute Gasteiger partial charge is 0.436 e. The van der Waals surface area contributed by atoms with E-state index < -0.39 is 0 Å². The van der Waals surface area contributed by atoms with Crippen molar-refractivity contribution in [2.45, 2.75) is 25.7 Å². The molecule has 1 heterocycles. The van der Waals surface area contributed by atoms with Crippen molar-refractivity contribution in [2.75, 3.05) is 5.32 Å². The van der Waals surface area contributed by atoms with Gasteiger partial charge in [0.25, 0.3) is 0 Å². The van der Waals surface area contributed by atoms with E-state index in [1.165, 1.54) is 0 Å². The quantitative estimate of drug-likeness (QED) is 0.706. The Morgan fingerprint density at radius 2 is 2.00 bits per heavy atom. The Hall–Kier alpha value is -2.33. The van der Waals surface area contributed by atoms with Gasteiger partial charge in [-0.05, 0) is 49.2 Å². The van der Waals surface area contributed by atoms with Crippen LogP contribution >= 0.6 is 11.6 Å². The summed E-state index contributed by atoms with van der Waals surface area (Å²) in [5, 5.41) is 3.63. The average Bonchev–Trinajstić information content (AvgIpc) is 3.24. The summed E-state index contributed by atoms with van der Waals surface area (Å²) < 4.78 is 5.79. The lowest BCUT2D eigenvalue weighted by atomic mass is 10.1. The smallest absolute Gasteiger partial charge is 0.227 e. The van der Waals surface area contributed by atoms with E-state index in [0.717, 1.165) is 42.5 Å². The van der Waals surface area contributed by atoms with Crippen LogP contribution in [0.15, 0.2) is 46.9 Å². The zero-order valence-corrected chi connectivity index (χ0v) is 13.8. The molecule has 0 radical (unpaired) electrons. The molecule has 1 aliphatic rings. The highest BCUT2D eigenvalue weighted by Crippen LogP contribution is 2.29. The van der Waals surface area contributed by atoms with Gasteiger partial charge in [0, 0.05) is 22.2 Å². The van der Waals surface area contributed by atoms with Gasteiger partial charge in [0.15, 0.2) is 5.58 Å². The van der Waals surface area contributed by atoms with Crippen LogP contribution in [0.4, 0.5) is 5.69 Å². The normalized spacial score (nSPS) is 15.0. The molecule has 4 nitrogen and oxygen atoms in total. The summed E-state index contributed by atoms with van der Waals surface area (Å²) in [6.45, 7) is 0. The van der Waals surface area contributed by atoms with Crippen molar-refractivity contribution < 1.29 is 9.21 Å². The van der Waals surface area contributed by atoms with Crippen LogP contribution in [0.25, 0.3) is 22.6 Å². The first kappa shape index (κ1) is 15.2. The zero-order valence-electron chi connectivity index (χ0n) is 13.1. The second kappa shape index (κ2) is 6.29. The molecular formula is C19H17ClN2O2. The summed E-state index contributed by atoms with van der Waals surface area (Å²) in [6.07, 6.45) is 4.25. The summed E-state index contributed by atoms with van der Waals surface area (Å²) in [4.78, 5) is 16.8. The molecule has 0 atom stereocenters. The predicted octanol–water partition coefficient (Wildman–Crippen LogP) is 5.28. The number of amides is 1. The third-order valence-electron chi connectivity index (χ3n) is 4.45. The maximum atomic E-state index is 12.3. The SMILES string of the molecule is O=C(Nc1cccc(-c2nc3cc(Cl)ccc3o2)c1)C1CCCC1. The molecule has 0 unspecified atom stereocenters. The molecule has 1 N–H and O–H groups in total. The Morgan fingerprint density at radius 1 is 1.17 bits per heavy atom. The lowest BCUT2D eigenvalue weighted by molar-refractivity contribution is -0.119. The first-order chi connectivity index (χ1) is 11.7. The van der Waals surface area contributed by atoms with Gasteiger partial charge >= 0.3 is 0 Å². The molecule has 122 valence electrons. The second-order valence-electron chi connectivity index (χ2n) is 6.18. The van der Waals surface area contributed by atoms with E-state index in [1.807, 2.05) is 24.3 Å². The summed E-state index contributed by atoms with van der Waals surface area (Å²) in [7, 11) is 0. The van der Waals surface area contributed by atoms with E-state index >= 15 is 0 Å². The number of rotatable bonds is 3. The highest BCUT2D eigenvalue weighted by molar-refractivity contribution is 6.31. The lowest BCUT2D eigenvalue weighted by Crippen LogP contribution is -2.20. The molecule has 2 aromatic carbocycles. The van der Waals surface area contributed by atoms with Crippen molar-refractivity contribution >= 4 is 34.3 Å². The molecule has 0 saturated heterocycles. The Labute approximate surface area is 144 Å². The van der Waals surface area contributed by atoms with E-state index in [-0.39, 0.29) is 11.8 Å². The minimum atomic E-state index is 0.106. The number of halogens is 1. The Balaban J connectivity index is 1.60. The topological polar surface area (TPSA) is 55.1 Å². The van der Waals surface area contributed by atoms with Gasteiger partial charge in [0.05, 0.1) is 0 Å². The van der Waals surface area contributed by atoms with Crippen LogP contribution in [0.2, 0.25) is 5.02 Å². The number of carbonyl (C=O) groups is 1. The number of carbonyl (C=O) groups excluding carboxylic acids is 1. The molecular weight excluding hydrogens is 324 g/mol. The number of nitrogens with one attached hydrogen (secondary N) is 1. The second-order valence-corrected chi connectivity index (χ2v) is 6.62. The molecule has 4 rings (SSSR count). The molecule has 1 aliphatic carbocycles. The Kier molecular flexibility index (Phi) is 3.98. The number of hydrogen-bond donors (Lipinski definition) is 1. The van der Waals surface area contributed by atoms with Crippen LogP contribution in [-0.2, 0) is 4.79 Å². The van der Waals surface area contributed by atoms with Crippen LogP contribution in [0, 0.1) is 5.92 Å². The summed E-state index contributed by atoms with van der Waals surface area (Å²) in [5.41, 5.74) is 3.00. The lowest BCUT2D eigenvalue weighted by Gasteiger charge is -2.10. The van der Waals surface area contributed by atoms with Crippen LogP contribution in [0.3, 0.4) is 0 Å². The number of oxazole rings is 1. The van der Waals surface area contributed by atoms with Crippen LogP contribution in [0.5, 0.6) is 0 Å². The Morgan fingerprint density at radius 3 is 2.83 bits per heavy atom. The monoisotopic (exact) mass is 340 g/mol. The Bertz CT molecular complexity index is 897. The molecule has 5 heteroatoms. The minimum absolute atomic E-state index is 0.106. The first-order valence-corrected chi connectivity index (χ1v) is 8.54. The highest BCUT2D eigenvalue weighted by atomic mass is 35.5. The van der Waals surface area contributed by atoms with Gasteiger partial charge in [-0.3, -0.25) is 4.79 Å². The van der Waals surface area contributed by atoms with E-state index in [2.05, 4.69) is 10.3 Å². The van der Waals surface area contributed by atoms with Crippen molar-refractivity contribution in [2.24, 2.45) is 5.92 Å². The van der Waals surface area contributed by atoms with Crippen molar-refractivity contribution in [3.63, 3.8) is 0 Å². The predicted molar refractivity (Wildman–Crippen MR) is 95.0 cm³/mol. The molecule has 1 fully saturated rings. The molecule has 3 aromatic rings. The summed E-state index contributed by atoms with van der Waals surface area (Å²) >= 11 is 5.99. The fraction of sp³-hybridized carbons (Fsp3) is 0.263. The zero-order chi connectivity index (χ0) is 16.5. The van der Waals surface area contributed by atoms with E-state index in [4.69, 9.17) is 16.0 Å². The van der Waals surface area contributed by atoms with Gasteiger partial charge in [0.2, 0.25) is 11.8 Å². The molecule has 0 bridgehead atoms. The average molecular weight is 341 g/mol. The fourth-order valence-corrected chi connectivity index (χ4v) is 3.35. The van der Waals surface area contributed by atoms with Gasteiger partial charge < -0.3 is 9.73 Å². The first-order valence-electron chi connectivity index (χ1n) is 8.16. The molecule has 1 saturated carbocycles. The van der Waals surface area contributed by atoms with Crippen molar-refractivity contribution in [1.29, 1.82) is 0 Å². The number of anilines is 1. The van der Waals surface area contributed by atoms with Crippen LogP contribution < -0.4 is 5.32 Å². The number of aromatic nitrogens is 1. The number of hydrogen-bond acceptors (Lipinski definition) is 3. The molecule has 1 aromatic heterocycles. The van der Waals surface area contributed by atoms with Gasteiger partial charge in [-0.25, -0.2) is 4.98 Å². The molecule has 1 amide bonds. The number of fused-ring (bicyclic) bond motifs is 1. The maximum Gasteiger partial charge on any atom is 0.227 e. The standard InChI is InChI=1S/C19H17ClN2O2/c20-14-8-9-17-16(11-14)22-19(24-17)13-6-3-7-15(10-13)21-18(23)12-4-1-2-5-12/h3,6-12H,1-2,4-5H2,(H,21,23). The molecule has 0 spiro atoms. The minimum Gasteiger partial charge on any atom is -0.436 e. The highest BCUT2D eigenvalue weighted by Gasteiger charge is 2.22. The van der Waals surface area contributed by atoms with Crippen molar-refractivity contribution in [3.05, 3.63) is 47.5 Å².